The number of nitrogens with zero attached hydrogens (tertiary/aromatic N) is 1. The van der Waals surface area contributed by atoms with Crippen molar-refractivity contribution in [3.63, 3.8) is 0 Å². The maximum atomic E-state index is 12.7. The van der Waals surface area contributed by atoms with Crippen molar-refractivity contribution in [2.45, 2.75) is 5.92 Å². The second kappa shape index (κ2) is 6.41. The van der Waals surface area contributed by atoms with Gasteiger partial charge in [-0.2, -0.15) is 0 Å². The second-order valence-corrected chi connectivity index (χ2v) is 5.87. The van der Waals surface area contributed by atoms with Gasteiger partial charge in [-0.1, -0.05) is 30.4 Å². The number of hydrogen-bond acceptors (Lipinski definition) is 4. The first-order valence-electron chi connectivity index (χ1n) is 7.38. The van der Waals surface area contributed by atoms with E-state index in [1.807, 2.05) is 36.2 Å². The average Bonchev–Trinajstić information content (AvgIpc) is 2.86. The molecule has 0 saturated carbocycles. The second-order valence-electron chi connectivity index (χ2n) is 5.45. The Morgan fingerprint density at radius 2 is 1.79 bits per heavy atom. The highest BCUT2D eigenvalue weighted by molar-refractivity contribution is 7.80. The van der Waals surface area contributed by atoms with Gasteiger partial charge in [0, 0.05) is 18.4 Å². The third-order valence-corrected chi connectivity index (χ3v) is 4.53. The predicted octanol–water partition coefficient (Wildman–Crippen LogP) is 2.97. The Morgan fingerprint density at radius 3 is 2.46 bits per heavy atom. The molecule has 2 aromatic rings. The summed E-state index contributed by atoms with van der Waals surface area (Å²) in [5.41, 5.74) is 2.87. The molecule has 0 bridgehead atoms. The van der Waals surface area contributed by atoms with Gasteiger partial charge in [0.1, 0.15) is 5.92 Å². The van der Waals surface area contributed by atoms with Crippen LogP contribution in [0.2, 0.25) is 0 Å². The van der Waals surface area contributed by atoms with E-state index < -0.39 is 11.9 Å². The number of esters is 1. The molecule has 1 amide bonds. The summed E-state index contributed by atoms with van der Waals surface area (Å²) in [6.45, 7) is 0. The first kappa shape index (κ1) is 16.1. The van der Waals surface area contributed by atoms with Gasteiger partial charge < -0.3 is 15.0 Å². The van der Waals surface area contributed by atoms with Gasteiger partial charge >= 0.3 is 5.97 Å². The van der Waals surface area contributed by atoms with E-state index in [0.29, 0.717) is 16.2 Å². The van der Waals surface area contributed by atoms with E-state index in [4.69, 9.17) is 12.2 Å². The lowest BCUT2D eigenvalue weighted by atomic mass is 10.0. The number of anilines is 2. The zero-order valence-corrected chi connectivity index (χ0v) is 14.1. The van der Waals surface area contributed by atoms with E-state index in [9.17, 15) is 9.59 Å². The van der Waals surface area contributed by atoms with Gasteiger partial charge in [-0.05, 0) is 35.9 Å². The third kappa shape index (κ3) is 2.76. The van der Waals surface area contributed by atoms with Crippen molar-refractivity contribution in [2.75, 3.05) is 24.4 Å². The van der Waals surface area contributed by atoms with Crippen LogP contribution >= 0.6 is 12.2 Å². The van der Waals surface area contributed by atoms with Gasteiger partial charge in [0.05, 0.1) is 17.7 Å². The van der Waals surface area contributed by atoms with Crippen LogP contribution in [-0.2, 0) is 9.53 Å². The van der Waals surface area contributed by atoms with Crippen molar-refractivity contribution in [1.82, 2.24) is 0 Å². The van der Waals surface area contributed by atoms with Crippen LogP contribution in [0.1, 0.15) is 21.8 Å². The first-order valence-corrected chi connectivity index (χ1v) is 7.79. The Balaban J connectivity index is 1.80. The van der Waals surface area contributed by atoms with Crippen molar-refractivity contribution in [3.8, 4) is 0 Å². The first-order chi connectivity index (χ1) is 11.5. The third-order valence-electron chi connectivity index (χ3n) is 4.02. The van der Waals surface area contributed by atoms with E-state index in [0.717, 1.165) is 11.3 Å². The Bertz CT molecular complexity index is 817. The summed E-state index contributed by atoms with van der Waals surface area (Å²) in [5, 5.41) is 2.85. The summed E-state index contributed by atoms with van der Waals surface area (Å²) in [7, 11) is 3.19. The number of benzene rings is 2. The van der Waals surface area contributed by atoms with Gasteiger partial charge in [-0.15, -0.1) is 0 Å². The highest BCUT2D eigenvalue weighted by atomic mass is 32.1. The molecule has 1 N–H and O–H groups in total. The van der Waals surface area contributed by atoms with E-state index in [2.05, 4.69) is 10.1 Å². The summed E-state index contributed by atoms with van der Waals surface area (Å²) in [6, 6.07) is 14.2. The topological polar surface area (TPSA) is 58.6 Å². The molecule has 0 saturated heterocycles. The minimum atomic E-state index is -0.499. The minimum Gasteiger partial charge on any atom is -0.465 e. The van der Waals surface area contributed by atoms with Crippen molar-refractivity contribution < 1.29 is 14.3 Å². The summed E-state index contributed by atoms with van der Waals surface area (Å²) >= 11 is 5.44. The lowest BCUT2D eigenvalue weighted by Crippen LogP contribution is -2.30. The summed E-state index contributed by atoms with van der Waals surface area (Å²) in [5.74, 6) is -1.11. The molecule has 5 nitrogen and oxygen atoms in total. The Labute approximate surface area is 145 Å². The molecule has 24 heavy (non-hydrogen) atoms. The lowest BCUT2D eigenvalue weighted by molar-refractivity contribution is -0.116. The van der Waals surface area contributed by atoms with Gasteiger partial charge in [0.15, 0.2) is 0 Å². The number of carbonyl (C=O) groups excluding carboxylic acids is 2. The molecule has 2 aromatic carbocycles. The molecule has 6 heteroatoms. The van der Waals surface area contributed by atoms with Crippen LogP contribution < -0.4 is 10.2 Å². The maximum Gasteiger partial charge on any atom is 0.337 e. The van der Waals surface area contributed by atoms with Gasteiger partial charge in [-0.3, -0.25) is 4.79 Å². The van der Waals surface area contributed by atoms with E-state index in [1.54, 1.807) is 24.3 Å². The number of thiocarbonyl (C=S) groups is 1. The van der Waals surface area contributed by atoms with E-state index >= 15 is 0 Å². The Hall–Kier alpha value is -2.73. The molecule has 0 aromatic heterocycles. The molecule has 122 valence electrons. The zero-order valence-electron chi connectivity index (χ0n) is 13.3. The number of rotatable bonds is 3. The monoisotopic (exact) mass is 340 g/mol. The Kier molecular flexibility index (Phi) is 4.31. The summed E-state index contributed by atoms with van der Waals surface area (Å²) < 4.78 is 4.65. The van der Waals surface area contributed by atoms with E-state index in [1.165, 1.54) is 7.11 Å². The molecule has 1 atom stereocenters. The van der Waals surface area contributed by atoms with Gasteiger partial charge in [-0.25, -0.2) is 4.79 Å². The van der Waals surface area contributed by atoms with Crippen molar-refractivity contribution in [3.05, 3.63) is 59.7 Å². The fourth-order valence-corrected chi connectivity index (χ4v) is 3.09. The number of carbonyl (C=O) groups is 2. The van der Waals surface area contributed by atoms with E-state index in [-0.39, 0.29) is 5.91 Å². The highest BCUT2D eigenvalue weighted by Crippen LogP contribution is 2.37. The van der Waals surface area contributed by atoms with Crippen LogP contribution in [0.25, 0.3) is 0 Å². The molecule has 0 spiro atoms. The SMILES string of the molecule is COC(=O)c1ccc(NC(=O)C2C(=S)N(C)c3ccccc32)cc1. The fraction of sp³-hybridized carbons (Fsp3) is 0.167. The highest BCUT2D eigenvalue weighted by Gasteiger charge is 2.36. The van der Waals surface area contributed by atoms with Crippen LogP contribution in [-0.4, -0.2) is 31.0 Å². The molecule has 0 fully saturated rings. The van der Waals surface area contributed by atoms with Crippen molar-refractivity contribution in [2.24, 2.45) is 0 Å². The van der Waals surface area contributed by atoms with Crippen molar-refractivity contribution in [1.29, 1.82) is 0 Å². The number of likely N-dealkylation sites (N-methyl/N-ethyl adjacent to an activating group) is 1. The summed E-state index contributed by atoms with van der Waals surface area (Å²) in [6.07, 6.45) is 0. The van der Waals surface area contributed by atoms with Crippen LogP contribution in [0.3, 0.4) is 0 Å². The number of hydrogen-bond donors (Lipinski definition) is 1. The number of amides is 1. The maximum absolute atomic E-state index is 12.7. The average molecular weight is 340 g/mol. The molecule has 1 unspecified atom stereocenters. The lowest BCUT2D eigenvalue weighted by Gasteiger charge is -2.14. The quantitative estimate of drug-likeness (QED) is 0.688. The number of ether oxygens (including phenoxy) is 1. The molecule has 1 aliphatic rings. The standard InChI is InChI=1S/C18H16N2O3S/c1-20-14-6-4-3-5-13(14)15(17(20)24)16(21)19-12-9-7-11(8-10-12)18(22)23-2/h3-10,15H,1-2H3,(H,19,21). The van der Waals surface area contributed by atoms with Crippen LogP contribution in [0.4, 0.5) is 11.4 Å². The molecule has 0 radical (unpaired) electrons. The number of para-hydroxylation sites is 1. The zero-order chi connectivity index (χ0) is 17.3. The molecule has 1 heterocycles. The fourth-order valence-electron chi connectivity index (χ4n) is 2.76. The number of methoxy groups -OCH3 is 1. The number of fused-ring (bicyclic) bond motifs is 1. The molecule has 1 aliphatic heterocycles. The smallest absolute Gasteiger partial charge is 0.337 e. The van der Waals surface area contributed by atoms with Crippen LogP contribution in [0, 0.1) is 0 Å². The van der Waals surface area contributed by atoms with Crippen LogP contribution in [0.15, 0.2) is 48.5 Å². The summed E-state index contributed by atoms with van der Waals surface area (Å²) in [4.78, 5) is 26.6. The van der Waals surface area contributed by atoms with Crippen LogP contribution in [0.5, 0.6) is 0 Å². The molecule has 0 aliphatic carbocycles. The predicted molar refractivity (Wildman–Crippen MR) is 96.6 cm³/mol. The number of nitrogens with one attached hydrogen (secondary N) is 1. The molecular formula is C18H16N2O3S. The van der Waals surface area contributed by atoms with Gasteiger partial charge in [0.2, 0.25) is 5.91 Å². The molecule has 3 rings (SSSR count). The minimum absolute atomic E-state index is 0.192. The Morgan fingerprint density at radius 1 is 1.12 bits per heavy atom. The normalized spacial score (nSPS) is 15.8. The van der Waals surface area contributed by atoms with Gasteiger partial charge in [0.25, 0.3) is 0 Å². The largest absolute Gasteiger partial charge is 0.465 e. The molecular weight excluding hydrogens is 324 g/mol. The van der Waals surface area contributed by atoms with Crippen molar-refractivity contribution >= 4 is 40.5 Å².